The van der Waals surface area contributed by atoms with Crippen LogP contribution in [0.5, 0.6) is 0 Å². The van der Waals surface area contributed by atoms with Gasteiger partial charge < -0.3 is 9.73 Å². The lowest BCUT2D eigenvalue weighted by atomic mass is 9.86. The average Bonchev–Trinajstić information content (AvgIpc) is 2.82. The molecule has 112 valence electrons. The van der Waals surface area contributed by atoms with Crippen LogP contribution in [0.3, 0.4) is 0 Å². The number of hydrogen-bond donors (Lipinski definition) is 1. The van der Waals surface area contributed by atoms with E-state index in [1.807, 2.05) is 18.2 Å². The lowest BCUT2D eigenvalue weighted by Gasteiger charge is -2.23. The van der Waals surface area contributed by atoms with Gasteiger partial charge in [-0.2, -0.15) is 0 Å². The van der Waals surface area contributed by atoms with Gasteiger partial charge in [0.05, 0.1) is 5.69 Å². The minimum Gasteiger partial charge on any atom is -0.449 e. The molecule has 0 fully saturated rings. The van der Waals surface area contributed by atoms with Gasteiger partial charge in [-0.25, -0.2) is 4.98 Å². The highest BCUT2D eigenvalue weighted by Crippen LogP contribution is 2.29. The third-order valence-electron chi connectivity index (χ3n) is 3.28. The van der Waals surface area contributed by atoms with Gasteiger partial charge in [0.25, 0.3) is 0 Å². The van der Waals surface area contributed by atoms with E-state index in [1.165, 1.54) is 0 Å². The highest BCUT2D eigenvalue weighted by Gasteiger charge is 2.18. The second kappa shape index (κ2) is 6.12. The molecule has 1 N–H and O–H groups in total. The van der Waals surface area contributed by atoms with Gasteiger partial charge in [-0.1, -0.05) is 39.0 Å². The fraction of sp³-hybridized carbons (Fsp3) is 0.412. The van der Waals surface area contributed by atoms with Crippen molar-refractivity contribution < 1.29 is 9.21 Å². The molecule has 0 unspecified atom stereocenters. The topological polar surface area (TPSA) is 55.1 Å². The molecule has 1 amide bonds. The maximum absolute atomic E-state index is 12.1. The number of hydrogen-bond acceptors (Lipinski definition) is 3. The van der Waals surface area contributed by atoms with Crippen molar-refractivity contribution >= 4 is 11.6 Å². The Kier molecular flexibility index (Phi) is 4.46. The van der Waals surface area contributed by atoms with Gasteiger partial charge in [0, 0.05) is 25.5 Å². The van der Waals surface area contributed by atoms with Gasteiger partial charge in [-0.15, -0.1) is 0 Å². The van der Waals surface area contributed by atoms with Crippen molar-refractivity contribution in [3.05, 3.63) is 47.7 Å². The Morgan fingerprint density at radius 2 is 2.00 bits per heavy atom. The SMILES string of the molecule is Cc1nc(CCC(=O)Nc2ccccc2C(C)(C)C)co1. The Hall–Kier alpha value is -2.10. The highest BCUT2D eigenvalue weighted by atomic mass is 16.3. The Balaban J connectivity index is 2.00. The van der Waals surface area contributed by atoms with E-state index in [4.69, 9.17) is 4.42 Å². The highest BCUT2D eigenvalue weighted by molar-refractivity contribution is 5.91. The lowest BCUT2D eigenvalue weighted by Crippen LogP contribution is -2.18. The van der Waals surface area contributed by atoms with Gasteiger partial charge in [-0.3, -0.25) is 4.79 Å². The number of amides is 1. The van der Waals surface area contributed by atoms with E-state index in [0.717, 1.165) is 16.9 Å². The minimum absolute atomic E-state index is 0.00685. The van der Waals surface area contributed by atoms with Crippen molar-refractivity contribution in [2.75, 3.05) is 5.32 Å². The van der Waals surface area contributed by atoms with Crippen LogP contribution in [0.25, 0.3) is 0 Å². The van der Waals surface area contributed by atoms with Crippen LogP contribution in [0.15, 0.2) is 34.9 Å². The Labute approximate surface area is 125 Å². The predicted molar refractivity (Wildman–Crippen MR) is 83.3 cm³/mol. The number of anilines is 1. The molecular formula is C17H22N2O2. The Morgan fingerprint density at radius 3 is 2.62 bits per heavy atom. The van der Waals surface area contributed by atoms with Gasteiger partial charge >= 0.3 is 0 Å². The summed E-state index contributed by atoms with van der Waals surface area (Å²) in [5.74, 6) is 0.621. The first-order valence-electron chi connectivity index (χ1n) is 7.16. The van der Waals surface area contributed by atoms with E-state index in [2.05, 4.69) is 37.1 Å². The molecule has 21 heavy (non-hydrogen) atoms. The third kappa shape index (κ3) is 4.18. The fourth-order valence-electron chi connectivity index (χ4n) is 2.22. The first-order valence-corrected chi connectivity index (χ1v) is 7.16. The smallest absolute Gasteiger partial charge is 0.224 e. The number of benzene rings is 1. The Bertz CT molecular complexity index is 624. The monoisotopic (exact) mass is 286 g/mol. The molecule has 1 heterocycles. The number of nitrogens with zero attached hydrogens (tertiary/aromatic N) is 1. The van der Waals surface area contributed by atoms with Crippen LogP contribution in [0, 0.1) is 6.92 Å². The molecule has 0 spiro atoms. The van der Waals surface area contributed by atoms with Crippen LogP contribution in [0.2, 0.25) is 0 Å². The molecule has 0 aliphatic heterocycles. The lowest BCUT2D eigenvalue weighted by molar-refractivity contribution is -0.116. The third-order valence-corrected chi connectivity index (χ3v) is 3.28. The summed E-state index contributed by atoms with van der Waals surface area (Å²) in [6, 6.07) is 7.93. The van der Waals surface area contributed by atoms with Crippen molar-refractivity contribution in [1.29, 1.82) is 0 Å². The summed E-state index contributed by atoms with van der Waals surface area (Å²) in [6.07, 6.45) is 2.58. The van der Waals surface area contributed by atoms with E-state index in [-0.39, 0.29) is 11.3 Å². The van der Waals surface area contributed by atoms with Crippen molar-refractivity contribution in [2.45, 2.75) is 46.0 Å². The van der Waals surface area contributed by atoms with Crippen molar-refractivity contribution in [1.82, 2.24) is 4.98 Å². The number of rotatable bonds is 4. The predicted octanol–water partition coefficient (Wildman–Crippen LogP) is 3.85. The second-order valence-electron chi connectivity index (χ2n) is 6.20. The maximum Gasteiger partial charge on any atom is 0.224 e. The first kappa shape index (κ1) is 15.3. The summed E-state index contributed by atoms with van der Waals surface area (Å²) >= 11 is 0. The molecule has 4 heteroatoms. The first-order chi connectivity index (χ1) is 9.86. The van der Waals surface area contributed by atoms with Gasteiger partial charge in [0.1, 0.15) is 6.26 Å². The maximum atomic E-state index is 12.1. The molecule has 0 saturated heterocycles. The van der Waals surface area contributed by atoms with Crippen LogP contribution < -0.4 is 5.32 Å². The van der Waals surface area contributed by atoms with Gasteiger partial charge in [0.2, 0.25) is 5.91 Å². The second-order valence-corrected chi connectivity index (χ2v) is 6.20. The van der Waals surface area contributed by atoms with Crippen LogP contribution in [0.4, 0.5) is 5.69 Å². The number of para-hydroxylation sites is 1. The van der Waals surface area contributed by atoms with Crippen molar-refractivity contribution in [2.24, 2.45) is 0 Å². The van der Waals surface area contributed by atoms with E-state index in [0.29, 0.717) is 18.7 Å². The molecule has 1 aromatic heterocycles. The molecule has 0 atom stereocenters. The van der Waals surface area contributed by atoms with E-state index in [1.54, 1.807) is 13.2 Å². The minimum atomic E-state index is -0.00708. The molecule has 0 saturated carbocycles. The summed E-state index contributed by atoms with van der Waals surface area (Å²) in [4.78, 5) is 16.3. The summed E-state index contributed by atoms with van der Waals surface area (Å²) in [7, 11) is 0. The normalized spacial score (nSPS) is 11.4. The molecule has 2 aromatic rings. The van der Waals surface area contributed by atoms with Crippen LogP contribution >= 0.6 is 0 Å². The van der Waals surface area contributed by atoms with E-state index >= 15 is 0 Å². The molecule has 4 nitrogen and oxygen atoms in total. The number of carbonyl (C=O) groups excluding carboxylic acids is 1. The number of nitrogens with one attached hydrogen (secondary N) is 1. The van der Waals surface area contributed by atoms with Gasteiger partial charge in [-0.05, 0) is 17.0 Å². The standard InChI is InChI=1S/C17H22N2O2/c1-12-18-13(11-21-12)9-10-16(20)19-15-8-6-5-7-14(15)17(2,3)4/h5-8,11H,9-10H2,1-4H3,(H,19,20). The Morgan fingerprint density at radius 1 is 1.29 bits per heavy atom. The van der Waals surface area contributed by atoms with Gasteiger partial charge in [0.15, 0.2) is 5.89 Å². The number of carbonyl (C=O) groups is 1. The summed E-state index contributed by atoms with van der Waals surface area (Å²) < 4.78 is 5.14. The van der Waals surface area contributed by atoms with E-state index in [9.17, 15) is 4.79 Å². The summed E-state index contributed by atoms with van der Waals surface area (Å²) in [5, 5.41) is 3.00. The number of aryl methyl sites for hydroxylation is 2. The summed E-state index contributed by atoms with van der Waals surface area (Å²) in [5.41, 5.74) is 2.82. The van der Waals surface area contributed by atoms with E-state index < -0.39 is 0 Å². The molecule has 2 rings (SSSR count). The zero-order chi connectivity index (χ0) is 15.5. The fourth-order valence-corrected chi connectivity index (χ4v) is 2.22. The molecular weight excluding hydrogens is 264 g/mol. The molecule has 0 aliphatic rings. The quantitative estimate of drug-likeness (QED) is 0.928. The van der Waals surface area contributed by atoms with Crippen LogP contribution in [0.1, 0.15) is 44.3 Å². The largest absolute Gasteiger partial charge is 0.449 e. The molecule has 0 radical (unpaired) electrons. The van der Waals surface area contributed by atoms with Crippen LogP contribution in [-0.2, 0) is 16.6 Å². The number of aromatic nitrogens is 1. The average molecular weight is 286 g/mol. The van der Waals surface area contributed by atoms with Crippen LogP contribution in [-0.4, -0.2) is 10.9 Å². The molecule has 0 bridgehead atoms. The summed E-state index contributed by atoms with van der Waals surface area (Å²) in [6.45, 7) is 8.20. The zero-order valence-corrected chi connectivity index (χ0v) is 13.1. The molecule has 0 aliphatic carbocycles. The molecule has 1 aromatic carbocycles. The van der Waals surface area contributed by atoms with Crippen molar-refractivity contribution in [3.8, 4) is 0 Å². The van der Waals surface area contributed by atoms with Crippen molar-refractivity contribution in [3.63, 3.8) is 0 Å². The zero-order valence-electron chi connectivity index (χ0n) is 13.1. The number of oxazole rings is 1.